The van der Waals surface area contributed by atoms with E-state index in [9.17, 15) is 14.4 Å². The normalized spacial score (nSPS) is 10.5. The van der Waals surface area contributed by atoms with Crippen LogP contribution in [0.3, 0.4) is 0 Å². The molecule has 132 valence electrons. The summed E-state index contributed by atoms with van der Waals surface area (Å²) in [5, 5.41) is 9.98. The quantitative estimate of drug-likeness (QED) is 0.653. The lowest BCUT2D eigenvalue weighted by atomic mass is 10.1. The monoisotopic (exact) mass is 351 g/mol. The fourth-order valence-corrected chi connectivity index (χ4v) is 2.49. The Balaban J connectivity index is 1.54. The first-order valence-corrected chi connectivity index (χ1v) is 8.06. The van der Waals surface area contributed by atoms with Gasteiger partial charge in [-0.15, -0.1) is 0 Å². The molecule has 0 aliphatic carbocycles. The molecule has 26 heavy (non-hydrogen) atoms. The number of amides is 1. The minimum absolute atomic E-state index is 0.136. The highest BCUT2D eigenvalue weighted by molar-refractivity contribution is 5.87. The summed E-state index contributed by atoms with van der Waals surface area (Å²) in [6.07, 6.45) is -0.136. The molecule has 1 amide bonds. The van der Waals surface area contributed by atoms with Gasteiger partial charge in [0.2, 0.25) is 0 Å². The number of ether oxygens (including phenoxy) is 1. The van der Waals surface area contributed by atoms with Gasteiger partial charge in [0.05, 0.1) is 17.5 Å². The number of nitrogens with one attached hydrogen (secondary N) is 2. The highest BCUT2D eigenvalue weighted by Crippen LogP contribution is 2.13. The van der Waals surface area contributed by atoms with Crippen LogP contribution >= 0.6 is 0 Å². The number of aromatic nitrogens is 2. The van der Waals surface area contributed by atoms with Crippen molar-refractivity contribution in [2.24, 2.45) is 0 Å². The van der Waals surface area contributed by atoms with E-state index in [1.54, 1.807) is 24.3 Å². The summed E-state index contributed by atoms with van der Waals surface area (Å²) < 4.78 is 4.99. The molecule has 0 unspecified atom stereocenters. The third kappa shape index (κ3) is 4.32. The van der Waals surface area contributed by atoms with E-state index in [1.807, 2.05) is 30.3 Å². The maximum Gasteiger partial charge on any atom is 0.312 e. The molecule has 0 radical (unpaired) electrons. The van der Waals surface area contributed by atoms with E-state index in [0.29, 0.717) is 23.0 Å². The Hall–Kier alpha value is -3.48. The first-order valence-electron chi connectivity index (χ1n) is 8.06. The number of nitrogens with zero attached hydrogens (tertiary/aromatic N) is 1. The number of benzene rings is 2. The highest BCUT2D eigenvalue weighted by Gasteiger charge is 2.13. The van der Waals surface area contributed by atoms with Crippen LogP contribution in [0.4, 0.5) is 0 Å². The Morgan fingerprint density at radius 1 is 1.00 bits per heavy atom. The smallest absolute Gasteiger partial charge is 0.312 e. The number of aromatic amines is 1. The molecule has 0 spiro atoms. The summed E-state index contributed by atoms with van der Waals surface area (Å²) in [7, 11) is 0. The highest BCUT2D eigenvalue weighted by atomic mass is 16.5. The molecular weight excluding hydrogens is 334 g/mol. The number of H-pyrrole nitrogens is 1. The minimum Gasteiger partial charge on any atom is -0.455 e. The van der Waals surface area contributed by atoms with Crippen LogP contribution in [0, 0.1) is 0 Å². The number of rotatable bonds is 6. The maximum atomic E-state index is 12.0. The molecule has 1 heterocycles. The van der Waals surface area contributed by atoms with Crippen molar-refractivity contribution in [3.63, 3.8) is 0 Å². The second-order valence-electron chi connectivity index (χ2n) is 5.64. The number of carbonyl (C=O) groups excluding carboxylic acids is 2. The van der Waals surface area contributed by atoms with E-state index >= 15 is 0 Å². The van der Waals surface area contributed by atoms with Crippen LogP contribution in [0.15, 0.2) is 59.4 Å². The second-order valence-corrected chi connectivity index (χ2v) is 5.64. The van der Waals surface area contributed by atoms with E-state index in [0.717, 1.165) is 5.56 Å². The van der Waals surface area contributed by atoms with E-state index in [-0.39, 0.29) is 24.5 Å². The first kappa shape index (κ1) is 17.3. The number of hydrogen-bond donors (Lipinski definition) is 2. The average Bonchev–Trinajstić information content (AvgIpc) is 2.68. The fraction of sp³-hybridized carbons (Fsp3) is 0.158. The van der Waals surface area contributed by atoms with Crippen LogP contribution in [0.2, 0.25) is 0 Å². The molecule has 0 bridgehead atoms. The van der Waals surface area contributed by atoms with Gasteiger partial charge in [-0.05, 0) is 11.6 Å². The third-order valence-corrected chi connectivity index (χ3v) is 3.78. The zero-order valence-electron chi connectivity index (χ0n) is 13.9. The van der Waals surface area contributed by atoms with Gasteiger partial charge in [0.25, 0.3) is 11.5 Å². The molecule has 7 heteroatoms. The summed E-state index contributed by atoms with van der Waals surface area (Å²) in [5.41, 5.74) is 1.03. The van der Waals surface area contributed by atoms with Crippen molar-refractivity contribution in [1.29, 1.82) is 0 Å². The van der Waals surface area contributed by atoms with E-state index in [1.165, 1.54) is 0 Å². The van der Waals surface area contributed by atoms with Crippen molar-refractivity contribution in [1.82, 2.24) is 15.5 Å². The molecule has 0 atom stereocenters. The molecular formula is C19H17N3O4. The summed E-state index contributed by atoms with van der Waals surface area (Å²) in [6.45, 7) is -0.00368. The number of esters is 1. The Morgan fingerprint density at radius 3 is 2.46 bits per heavy atom. The number of carbonyl (C=O) groups is 2. The van der Waals surface area contributed by atoms with Gasteiger partial charge in [-0.1, -0.05) is 48.5 Å². The van der Waals surface area contributed by atoms with Crippen molar-refractivity contribution in [3.05, 3.63) is 76.2 Å². The lowest BCUT2D eigenvalue weighted by Crippen LogP contribution is -2.28. The second kappa shape index (κ2) is 8.06. The van der Waals surface area contributed by atoms with Crippen LogP contribution < -0.4 is 10.9 Å². The minimum atomic E-state index is -0.593. The summed E-state index contributed by atoms with van der Waals surface area (Å²) in [4.78, 5) is 35.5. The Bertz CT molecular complexity index is 983. The van der Waals surface area contributed by atoms with Gasteiger partial charge in [-0.3, -0.25) is 14.4 Å². The molecule has 0 saturated carbocycles. The molecule has 1 aromatic heterocycles. The van der Waals surface area contributed by atoms with Gasteiger partial charge in [0.1, 0.15) is 0 Å². The van der Waals surface area contributed by atoms with Crippen molar-refractivity contribution in [2.75, 3.05) is 6.61 Å². The Morgan fingerprint density at radius 2 is 1.69 bits per heavy atom. The van der Waals surface area contributed by atoms with Gasteiger partial charge in [-0.25, -0.2) is 5.10 Å². The molecule has 2 aromatic carbocycles. The topological polar surface area (TPSA) is 101 Å². The molecule has 3 rings (SSSR count). The SMILES string of the molecule is O=C(COC(=O)Cc1n[nH]c(=O)c2ccccc12)NCc1ccccc1. The van der Waals surface area contributed by atoms with Gasteiger partial charge < -0.3 is 10.1 Å². The van der Waals surface area contributed by atoms with Crippen LogP contribution in [-0.4, -0.2) is 28.7 Å². The van der Waals surface area contributed by atoms with Crippen molar-refractivity contribution < 1.29 is 14.3 Å². The summed E-state index contributed by atoms with van der Waals surface area (Å²) in [6, 6.07) is 16.3. The number of fused-ring (bicyclic) bond motifs is 1. The maximum absolute atomic E-state index is 12.0. The van der Waals surface area contributed by atoms with Crippen molar-refractivity contribution in [3.8, 4) is 0 Å². The van der Waals surface area contributed by atoms with Gasteiger partial charge in [0.15, 0.2) is 6.61 Å². The summed E-state index contributed by atoms with van der Waals surface area (Å²) >= 11 is 0. The Kier molecular flexibility index (Phi) is 5.38. The van der Waals surface area contributed by atoms with Gasteiger partial charge in [-0.2, -0.15) is 5.10 Å². The molecule has 0 fully saturated rings. The van der Waals surface area contributed by atoms with Crippen LogP contribution in [0.5, 0.6) is 0 Å². The number of hydrogen-bond acceptors (Lipinski definition) is 5. The zero-order valence-corrected chi connectivity index (χ0v) is 13.9. The molecule has 2 N–H and O–H groups in total. The molecule has 0 aliphatic rings. The zero-order chi connectivity index (χ0) is 18.4. The largest absolute Gasteiger partial charge is 0.455 e. The standard InChI is InChI=1S/C19H17N3O4/c23-17(20-11-13-6-2-1-3-7-13)12-26-18(24)10-16-14-8-4-5-9-15(14)19(25)22-21-16/h1-9H,10-12H2,(H,20,23)(H,22,25). The fourth-order valence-electron chi connectivity index (χ4n) is 2.49. The summed E-state index contributed by atoms with van der Waals surface area (Å²) in [5.74, 6) is -0.981. The first-order chi connectivity index (χ1) is 12.6. The van der Waals surface area contributed by atoms with E-state index in [4.69, 9.17) is 4.74 Å². The van der Waals surface area contributed by atoms with Gasteiger partial charge >= 0.3 is 5.97 Å². The van der Waals surface area contributed by atoms with Gasteiger partial charge in [0, 0.05) is 11.9 Å². The molecule has 3 aromatic rings. The Labute approximate surface area is 149 Å². The molecule has 7 nitrogen and oxygen atoms in total. The van der Waals surface area contributed by atoms with Crippen LogP contribution in [0.25, 0.3) is 10.8 Å². The predicted octanol–water partition coefficient (Wildman–Crippen LogP) is 1.33. The van der Waals surface area contributed by atoms with E-state index in [2.05, 4.69) is 15.5 Å². The predicted molar refractivity (Wildman–Crippen MR) is 95.3 cm³/mol. The van der Waals surface area contributed by atoms with Crippen molar-refractivity contribution in [2.45, 2.75) is 13.0 Å². The lowest BCUT2D eigenvalue weighted by molar-refractivity contribution is -0.147. The lowest BCUT2D eigenvalue weighted by Gasteiger charge is -2.07. The molecule has 0 aliphatic heterocycles. The van der Waals surface area contributed by atoms with E-state index < -0.39 is 5.97 Å². The average molecular weight is 351 g/mol. The van der Waals surface area contributed by atoms with Crippen LogP contribution in [0.1, 0.15) is 11.3 Å². The van der Waals surface area contributed by atoms with Crippen LogP contribution in [-0.2, 0) is 27.3 Å². The molecule has 0 saturated heterocycles. The third-order valence-electron chi connectivity index (χ3n) is 3.78. The van der Waals surface area contributed by atoms with Crippen molar-refractivity contribution >= 4 is 22.6 Å².